The second-order valence-corrected chi connectivity index (χ2v) is 37.6. The number of methoxy groups -OCH3 is 2. The van der Waals surface area contributed by atoms with E-state index in [9.17, 15) is 95.9 Å². The lowest BCUT2D eigenvalue weighted by Crippen LogP contribution is -2.40. The van der Waals surface area contributed by atoms with E-state index in [1.54, 1.807) is 82.4 Å². The number of Topliss-reactive ketones (excluding diaryl/α,β-unsaturated/α-hetero) is 2. The monoisotopic (exact) mass is 1930 g/mol. The summed E-state index contributed by atoms with van der Waals surface area (Å²) < 4.78 is 15.6. The number of amides is 16. The number of nitrogens with two attached hydrogens (primary N) is 2. The first kappa shape index (κ1) is 99.6. The Morgan fingerprint density at radius 3 is 0.734 bits per heavy atom. The second kappa shape index (κ2) is 51.6. The van der Waals surface area contributed by atoms with Crippen molar-refractivity contribution in [2.45, 2.75) is 89.9 Å². The summed E-state index contributed by atoms with van der Waals surface area (Å²) in [5, 5.41) is 16.8. The van der Waals surface area contributed by atoms with Gasteiger partial charge in [-0.25, -0.2) is 0 Å². The summed E-state index contributed by atoms with van der Waals surface area (Å²) in [6, 6.07) is 0. The van der Waals surface area contributed by atoms with Gasteiger partial charge < -0.3 is 102 Å². The Morgan fingerprint density at radius 2 is 0.500 bits per heavy atom. The van der Waals surface area contributed by atoms with Gasteiger partial charge in [0.15, 0.2) is 0 Å². The van der Waals surface area contributed by atoms with Gasteiger partial charge in [0.2, 0.25) is 94.5 Å². The molecule has 124 heavy (non-hydrogen) atoms. The number of nitrogens with zero attached hydrogens (tertiary/aromatic N) is 10. The Kier molecular flexibility index (Phi) is 41.5. The number of carbonyl (C=O) groups is 20. The maximum absolute atomic E-state index is 12.9. The molecule has 10 rings (SSSR count). The van der Waals surface area contributed by atoms with Gasteiger partial charge in [0.25, 0.3) is 0 Å². The fourth-order valence-electron chi connectivity index (χ4n) is 16.6. The zero-order valence-corrected chi connectivity index (χ0v) is 76.1. The number of hydrogen-bond acceptors (Lipinski definition) is 28. The molecule has 0 spiro atoms. The second-order valence-electron chi connectivity index (χ2n) is 32.2. The first-order chi connectivity index (χ1) is 60.0. The van der Waals surface area contributed by atoms with Crippen LogP contribution in [0.25, 0.3) is 0 Å². The number of alkyl halides is 1. The third-order valence-corrected chi connectivity index (χ3v) is 28.4. The predicted octanol–water partition coefficient (Wildman–Crippen LogP) is -4.07. The van der Waals surface area contributed by atoms with Gasteiger partial charge in [0.1, 0.15) is 11.6 Å². The van der Waals surface area contributed by atoms with Crippen LogP contribution in [0, 0.1) is 59.2 Å². The average Bonchev–Trinajstić information content (AvgIpc) is 1.73. The Bertz CT molecular complexity index is 3650. The number of rotatable bonds is 48. The van der Waals surface area contributed by atoms with Crippen molar-refractivity contribution in [2.75, 3.05) is 225 Å². The number of ether oxygens (including phenoxy) is 2. The molecule has 10 unspecified atom stereocenters. The third-order valence-electron chi connectivity index (χ3n) is 23.6. The number of halogens is 1. The van der Waals surface area contributed by atoms with E-state index in [4.69, 9.17) is 22.3 Å². The molecule has 40 nitrogen and oxygen atoms in total. The molecule has 0 radical (unpaired) electrons. The van der Waals surface area contributed by atoms with Crippen LogP contribution in [0.5, 0.6) is 0 Å². The van der Waals surface area contributed by atoms with Crippen molar-refractivity contribution < 1.29 is 107 Å². The van der Waals surface area contributed by atoms with Gasteiger partial charge >= 0.3 is 11.9 Å². The quantitative estimate of drug-likeness (QED) is 0.00944. The van der Waals surface area contributed by atoms with E-state index in [1.165, 1.54) is 24.0 Å². The fourth-order valence-corrected chi connectivity index (χ4v) is 20.6. The van der Waals surface area contributed by atoms with E-state index in [0.29, 0.717) is 139 Å². The molecule has 690 valence electrons. The van der Waals surface area contributed by atoms with Gasteiger partial charge in [-0.05, 0) is 24.3 Å². The standard InChI is InChI=1S/C45H65N9O14S2.C33H53N9O8S2.CH3I/c1-67-44(65)32-20-39(60)49(26-32)8-3-4-34(55)28-16-35(56)50(22-28)9-5-46-42(63)30-18-37(58)53(24-30)12-14-69-70-15-13-54-25-31(19-38(54)59)43(64)47-6-10-51-23-29(17-36(51)57)41(62)48-7-11-52-27-33(21-40(52)61)45(66)68-2;34-3-1-2-26(43)22-14-27(44)39(18-22)8-6-37-32(49)24-16-29(46)41(20-24)10-12-51-52-13-11-42-21-25(17-30(42)47)33(50)38-7-9-40-19-23(15-28(40)45)31(48)36-5-4-35;1-2/h28-33H,3-27H2,1-2H3,(H,46,63)(H,47,64)(H,48,62);22-25H,1-21,34-35H2,(H,36,48)(H,37,49)(H,38,50);1H3/i;;1D. The normalized spacial score (nSPS) is 23.8. The highest BCUT2D eigenvalue weighted by Crippen LogP contribution is 2.31. The Morgan fingerprint density at radius 1 is 0.306 bits per heavy atom. The van der Waals surface area contributed by atoms with Crippen molar-refractivity contribution in [3.63, 3.8) is 0 Å². The highest BCUT2D eigenvalue weighted by Gasteiger charge is 2.44. The van der Waals surface area contributed by atoms with Crippen LogP contribution in [0.2, 0.25) is 0 Å². The lowest BCUT2D eigenvalue weighted by Gasteiger charge is -2.19. The molecule has 10 heterocycles. The van der Waals surface area contributed by atoms with Crippen LogP contribution in [0.4, 0.5) is 0 Å². The van der Waals surface area contributed by atoms with Crippen molar-refractivity contribution in [3.8, 4) is 0 Å². The highest BCUT2D eigenvalue weighted by molar-refractivity contribution is 14.1. The number of nitrogens with one attached hydrogen (secondary N) is 6. The molecule has 0 aromatic heterocycles. The summed E-state index contributed by atoms with van der Waals surface area (Å²) in [6.45, 7) is 8.57. The van der Waals surface area contributed by atoms with Crippen LogP contribution in [-0.4, -0.2) is 392 Å². The first-order valence-corrected chi connectivity index (χ1v) is 48.9. The van der Waals surface area contributed by atoms with Gasteiger partial charge in [-0.15, -0.1) is 0 Å². The molecule has 10 atom stereocenters. The molecular weight excluding hydrogens is 1810 g/mol. The molecule has 16 amide bonds. The van der Waals surface area contributed by atoms with Crippen LogP contribution in [0.1, 0.15) is 91.3 Å². The Labute approximate surface area is 752 Å². The van der Waals surface area contributed by atoms with Crippen molar-refractivity contribution in [1.29, 1.82) is 0 Å². The van der Waals surface area contributed by atoms with E-state index < -0.39 is 65.2 Å². The van der Waals surface area contributed by atoms with Gasteiger partial charge in [0.05, 0.1) is 61.6 Å². The Balaban J connectivity index is 0.000000313. The van der Waals surface area contributed by atoms with E-state index >= 15 is 0 Å². The number of hydrogen-bond donors (Lipinski definition) is 8. The van der Waals surface area contributed by atoms with Gasteiger partial charge in [-0.1, -0.05) is 65.8 Å². The molecule has 10 aliphatic heterocycles. The van der Waals surface area contributed by atoms with Gasteiger partial charge in [-0.3, -0.25) is 95.9 Å². The van der Waals surface area contributed by atoms with Gasteiger partial charge in [-0.2, -0.15) is 0 Å². The molecule has 10 aliphatic rings. The van der Waals surface area contributed by atoms with Crippen LogP contribution >= 0.6 is 65.8 Å². The van der Waals surface area contributed by atoms with Crippen molar-refractivity contribution in [1.82, 2.24) is 80.9 Å². The number of carbonyl (C=O) groups excluding carboxylic acids is 20. The molecule has 0 aromatic rings. The summed E-state index contributed by atoms with van der Waals surface area (Å²) in [7, 11) is 8.81. The molecule has 0 bridgehead atoms. The summed E-state index contributed by atoms with van der Waals surface area (Å²) in [5.41, 5.74) is 10.9. The fraction of sp³-hybridized carbons (Fsp3) is 0.747. The minimum absolute atomic E-state index is 0.0318. The largest absolute Gasteiger partial charge is 0.469 e. The first-order valence-electron chi connectivity index (χ1n) is 43.1. The molecule has 0 aromatic carbocycles. The lowest BCUT2D eigenvalue weighted by atomic mass is 9.99. The SMILES string of the molecule is COC(=O)C1CC(=O)N(CCCC(=O)C2CC(=O)N(CCNC(=O)C3CC(=O)N(CCSSCCN4CC(C(=O)NCCN5CC(C(=O)NCCN6CC(C(=O)OC)CC6=O)CC5=O)CC4=O)C3)C2)C1.NCCCC(=O)C1CC(=O)N(CCNC(=O)C2CC(=O)N(CCSSCCN3CC(C(=O)NCCN4CC(C(=O)NCCN)CC4=O)CC3=O)C2)C1.[2H]CI. The van der Waals surface area contributed by atoms with E-state index in [1.807, 2.05) is 22.6 Å². The third kappa shape index (κ3) is 30.6. The maximum Gasteiger partial charge on any atom is 0.310 e. The minimum Gasteiger partial charge on any atom is -0.469 e. The summed E-state index contributed by atoms with van der Waals surface area (Å²) in [4.78, 5) is 266. The zero-order chi connectivity index (χ0) is 90.8. The Hall–Kier alpha value is -8.15. The number of esters is 2. The van der Waals surface area contributed by atoms with Crippen LogP contribution < -0.4 is 43.4 Å². The van der Waals surface area contributed by atoms with Gasteiger partial charge in [0, 0.05) is 290 Å². The van der Waals surface area contributed by atoms with Crippen LogP contribution in [0.15, 0.2) is 0 Å². The minimum atomic E-state index is -0.568. The molecular formula is C79H121IN18O22S4. The summed E-state index contributed by atoms with van der Waals surface area (Å²) >= 11 is 1.96. The number of ketones is 2. The molecule has 10 fully saturated rings. The zero-order valence-electron chi connectivity index (χ0n) is 71.6. The molecule has 10 N–H and O–H groups in total. The van der Waals surface area contributed by atoms with Crippen molar-refractivity contribution in [2.24, 2.45) is 70.6 Å². The smallest absolute Gasteiger partial charge is 0.310 e. The van der Waals surface area contributed by atoms with E-state index in [2.05, 4.69) is 31.9 Å². The van der Waals surface area contributed by atoms with E-state index in [-0.39, 0.29) is 274 Å². The highest BCUT2D eigenvalue weighted by atomic mass is 127. The topological polar surface area (TPSA) is 516 Å². The summed E-state index contributed by atoms with van der Waals surface area (Å²) in [6.07, 6.45) is 2.70. The lowest BCUT2D eigenvalue weighted by molar-refractivity contribution is -0.145. The maximum atomic E-state index is 12.9. The van der Waals surface area contributed by atoms with Crippen molar-refractivity contribution >= 4 is 184 Å². The average molecular weight is 1930 g/mol. The summed E-state index contributed by atoms with van der Waals surface area (Å²) in [5.74, 6) is -5.91. The number of likely N-dealkylation sites (tertiary alicyclic amines) is 10. The molecule has 45 heteroatoms. The van der Waals surface area contributed by atoms with Crippen molar-refractivity contribution in [3.05, 3.63) is 0 Å². The van der Waals surface area contributed by atoms with Crippen LogP contribution in [-0.2, 0) is 105 Å². The molecule has 0 saturated carbocycles. The molecule has 10 saturated heterocycles. The molecule has 0 aliphatic carbocycles. The van der Waals surface area contributed by atoms with E-state index in [0.717, 1.165) is 0 Å². The van der Waals surface area contributed by atoms with Crippen LogP contribution in [0.3, 0.4) is 0 Å². The predicted molar refractivity (Wildman–Crippen MR) is 465 cm³/mol.